The number of methoxy groups -OCH3 is 1. The molecule has 2 atom stereocenters. The lowest BCUT2D eigenvalue weighted by atomic mass is 10.0. The summed E-state index contributed by atoms with van der Waals surface area (Å²) >= 11 is 0. The second-order valence-corrected chi connectivity index (χ2v) is 9.38. The van der Waals surface area contributed by atoms with Crippen LogP contribution < -0.4 is 21.1 Å². The van der Waals surface area contributed by atoms with E-state index in [1.165, 1.54) is 24.0 Å². The number of piperidine rings is 1. The van der Waals surface area contributed by atoms with Gasteiger partial charge < -0.3 is 21.1 Å². The summed E-state index contributed by atoms with van der Waals surface area (Å²) in [6.45, 7) is 1.08. The van der Waals surface area contributed by atoms with Crippen LogP contribution in [0.25, 0.3) is 16.8 Å². The number of nitrogens with two attached hydrogens (primary N) is 1. The normalized spacial score (nSPS) is 21.9. The summed E-state index contributed by atoms with van der Waals surface area (Å²) in [5.74, 6) is -3.84. The van der Waals surface area contributed by atoms with Crippen LogP contribution in [0.5, 0.6) is 5.75 Å². The molecule has 0 radical (unpaired) electrons. The van der Waals surface area contributed by atoms with Crippen LogP contribution in [-0.4, -0.2) is 76.8 Å². The number of hydrogen-bond donors (Lipinski definition) is 3. The Hall–Kier alpha value is -3.45. The number of anilines is 1. The Labute approximate surface area is 210 Å². The van der Waals surface area contributed by atoms with Gasteiger partial charge in [-0.25, -0.2) is 27.1 Å². The van der Waals surface area contributed by atoms with Crippen LogP contribution in [0.3, 0.4) is 0 Å². The smallest absolute Gasteiger partial charge is 0.255 e. The van der Waals surface area contributed by atoms with E-state index in [-0.39, 0.29) is 68.3 Å². The van der Waals surface area contributed by atoms with E-state index in [1.54, 1.807) is 6.07 Å². The number of alkyl halides is 3. The van der Waals surface area contributed by atoms with Gasteiger partial charge in [0.25, 0.3) is 11.8 Å². The van der Waals surface area contributed by atoms with Crippen molar-refractivity contribution >= 4 is 17.2 Å². The lowest BCUT2D eigenvalue weighted by Crippen LogP contribution is -2.41. The summed E-state index contributed by atoms with van der Waals surface area (Å²) in [4.78, 5) is 18.9. The number of hydrogen-bond acceptors (Lipinski definition) is 7. The number of amides is 1. The van der Waals surface area contributed by atoms with Crippen LogP contribution in [0.15, 0.2) is 24.5 Å². The fourth-order valence-electron chi connectivity index (χ4n) is 4.87. The van der Waals surface area contributed by atoms with Gasteiger partial charge >= 0.3 is 0 Å². The summed E-state index contributed by atoms with van der Waals surface area (Å²) in [7, 11) is 1.31. The van der Waals surface area contributed by atoms with E-state index in [4.69, 9.17) is 10.5 Å². The van der Waals surface area contributed by atoms with Crippen molar-refractivity contribution in [2.45, 2.75) is 37.5 Å². The van der Waals surface area contributed by atoms with E-state index in [9.17, 15) is 18.0 Å². The Kier molecular flexibility index (Phi) is 6.67. The minimum Gasteiger partial charge on any atom is -0.496 e. The molecule has 0 aliphatic carbocycles. The first-order valence-electron chi connectivity index (χ1n) is 11.9. The predicted octanol–water partition coefficient (Wildman–Crippen LogP) is 2.40. The number of carbonyl (C=O) groups is 1. The Morgan fingerprint density at radius 2 is 2.03 bits per heavy atom. The van der Waals surface area contributed by atoms with Gasteiger partial charge in [0.05, 0.1) is 24.4 Å². The first-order chi connectivity index (χ1) is 17.7. The Morgan fingerprint density at radius 1 is 1.27 bits per heavy atom. The Balaban J connectivity index is 1.53. The monoisotopic (exact) mass is 521 g/mol. The van der Waals surface area contributed by atoms with Gasteiger partial charge in [-0.3, -0.25) is 9.69 Å². The standard InChI is InChI=1S/C24H27F4N7O2/c1-37-20-8-16(25)14(7-15(20)23(36)33-18-10-30-9-17(18)26)19-6-13(21-22(29)31-12-32-35(19)21)11-34-4-2-24(27,28)3-5-34/h6-8,12,17-18,30H,2-5,9-11H2,1H3,(H,33,36)(H2,29,31,32)/t17-,18+/m0/s1. The average Bonchev–Trinajstić information content (AvgIpc) is 3.44. The van der Waals surface area contributed by atoms with Crippen LogP contribution in [0.2, 0.25) is 0 Å². The molecule has 4 N–H and O–H groups in total. The molecule has 9 nitrogen and oxygen atoms in total. The number of carbonyl (C=O) groups excluding carboxylic acids is 1. The number of nitrogens with one attached hydrogen (secondary N) is 2. The van der Waals surface area contributed by atoms with Crippen LogP contribution in [0, 0.1) is 5.82 Å². The third kappa shape index (κ3) is 4.92. The minimum absolute atomic E-state index is 0.00964. The van der Waals surface area contributed by atoms with Gasteiger partial charge in [0.15, 0.2) is 5.82 Å². The van der Waals surface area contributed by atoms with Gasteiger partial charge in [-0.15, -0.1) is 0 Å². The largest absolute Gasteiger partial charge is 0.496 e. The quantitative estimate of drug-likeness (QED) is 0.428. The maximum absolute atomic E-state index is 15.4. The molecule has 0 bridgehead atoms. The highest BCUT2D eigenvalue weighted by Gasteiger charge is 2.34. The van der Waals surface area contributed by atoms with E-state index in [1.807, 2.05) is 4.90 Å². The molecule has 1 aromatic carbocycles. The summed E-state index contributed by atoms with van der Waals surface area (Å²) in [5.41, 5.74) is 7.55. The molecule has 2 aliphatic rings. The van der Waals surface area contributed by atoms with E-state index >= 15 is 4.39 Å². The third-order valence-electron chi connectivity index (χ3n) is 6.91. The molecule has 5 rings (SSSR count). The number of nitrogen functional groups attached to an aromatic ring is 1. The highest BCUT2D eigenvalue weighted by Crippen LogP contribution is 2.35. The van der Waals surface area contributed by atoms with Crippen molar-refractivity contribution in [3.8, 4) is 17.0 Å². The molecule has 4 heterocycles. The number of nitrogens with zero attached hydrogens (tertiary/aromatic N) is 4. The number of likely N-dealkylation sites (tertiary alicyclic amines) is 1. The Bertz CT molecular complexity index is 1320. The molecule has 0 saturated carbocycles. The summed E-state index contributed by atoms with van der Waals surface area (Å²) < 4.78 is 63.3. The average molecular weight is 522 g/mol. The zero-order chi connectivity index (χ0) is 26.3. The molecule has 2 saturated heterocycles. The van der Waals surface area contributed by atoms with Gasteiger partial charge in [0.2, 0.25) is 0 Å². The summed E-state index contributed by atoms with van der Waals surface area (Å²) in [6.07, 6.45) is -0.527. The van der Waals surface area contributed by atoms with Gasteiger partial charge in [0, 0.05) is 57.2 Å². The second-order valence-electron chi connectivity index (χ2n) is 9.38. The number of fused-ring (bicyclic) bond motifs is 1. The molecule has 198 valence electrons. The van der Waals surface area contributed by atoms with E-state index in [2.05, 4.69) is 20.7 Å². The molecule has 2 aromatic heterocycles. The molecular weight excluding hydrogens is 494 g/mol. The van der Waals surface area contributed by atoms with Crippen LogP contribution >= 0.6 is 0 Å². The lowest BCUT2D eigenvalue weighted by molar-refractivity contribution is -0.0565. The fraction of sp³-hybridized carbons (Fsp3) is 0.458. The fourth-order valence-corrected chi connectivity index (χ4v) is 4.87. The third-order valence-corrected chi connectivity index (χ3v) is 6.91. The first-order valence-corrected chi connectivity index (χ1v) is 11.9. The van der Waals surface area contributed by atoms with Crippen molar-refractivity contribution in [3.63, 3.8) is 0 Å². The molecule has 2 aliphatic heterocycles. The zero-order valence-corrected chi connectivity index (χ0v) is 20.1. The van der Waals surface area contributed by atoms with Crippen LogP contribution in [0.1, 0.15) is 28.8 Å². The molecule has 2 fully saturated rings. The number of halogens is 4. The molecule has 37 heavy (non-hydrogen) atoms. The zero-order valence-electron chi connectivity index (χ0n) is 20.1. The highest BCUT2D eigenvalue weighted by molar-refractivity contribution is 5.98. The van der Waals surface area contributed by atoms with Gasteiger partial charge in [-0.05, 0) is 17.7 Å². The molecule has 13 heteroatoms. The predicted molar refractivity (Wildman–Crippen MR) is 128 cm³/mol. The van der Waals surface area contributed by atoms with Crippen molar-refractivity contribution in [2.24, 2.45) is 0 Å². The van der Waals surface area contributed by atoms with Gasteiger partial charge in [0.1, 0.15) is 29.6 Å². The van der Waals surface area contributed by atoms with Crippen molar-refractivity contribution in [1.82, 2.24) is 30.1 Å². The minimum atomic E-state index is -2.69. The summed E-state index contributed by atoms with van der Waals surface area (Å²) in [6, 6.07) is 3.35. The van der Waals surface area contributed by atoms with Gasteiger partial charge in [-0.2, -0.15) is 5.10 Å². The van der Waals surface area contributed by atoms with Gasteiger partial charge in [-0.1, -0.05) is 0 Å². The number of rotatable bonds is 6. The molecule has 1 amide bonds. The molecular formula is C24H27F4N7O2. The van der Waals surface area contributed by atoms with E-state index in [0.717, 1.165) is 6.07 Å². The number of benzene rings is 1. The number of ether oxygens (including phenoxy) is 1. The van der Waals surface area contributed by atoms with Crippen LogP contribution in [-0.2, 0) is 6.54 Å². The molecule has 0 unspecified atom stereocenters. The Morgan fingerprint density at radius 3 is 2.70 bits per heavy atom. The maximum Gasteiger partial charge on any atom is 0.255 e. The SMILES string of the molecule is COc1cc(F)c(-c2cc(CN3CCC(F)(F)CC3)c3c(N)ncnn23)cc1C(=O)N[C@@H]1CNC[C@@H]1F. The lowest BCUT2D eigenvalue weighted by Gasteiger charge is -2.31. The first kappa shape index (κ1) is 25.2. The van der Waals surface area contributed by atoms with E-state index in [0.29, 0.717) is 16.8 Å². The van der Waals surface area contributed by atoms with Crippen molar-refractivity contribution in [1.29, 1.82) is 0 Å². The molecule has 3 aromatic rings. The van der Waals surface area contributed by atoms with Crippen molar-refractivity contribution < 1.29 is 27.1 Å². The van der Waals surface area contributed by atoms with E-state index < -0.39 is 29.9 Å². The second kappa shape index (κ2) is 9.78. The van der Waals surface area contributed by atoms with Crippen molar-refractivity contribution in [2.75, 3.05) is 39.0 Å². The van der Waals surface area contributed by atoms with Crippen molar-refractivity contribution in [3.05, 3.63) is 41.5 Å². The number of aromatic nitrogens is 3. The summed E-state index contributed by atoms with van der Waals surface area (Å²) in [5, 5.41) is 9.73. The maximum atomic E-state index is 15.4. The van der Waals surface area contributed by atoms with Crippen LogP contribution in [0.4, 0.5) is 23.4 Å². The highest BCUT2D eigenvalue weighted by atomic mass is 19.3. The molecule has 0 spiro atoms. The topological polar surface area (TPSA) is 110 Å².